The molecule has 0 saturated carbocycles. The fourth-order valence-corrected chi connectivity index (χ4v) is 4.74. The molecule has 0 radical (unpaired) electrons. The lowest BCUT2D eigenvalue weighted by molar-refractivity contribution is -0.118. The maximum atomic E-state index is 15.0. The van der Waals surface area contributed by atoms with Crippen molar-refractivity contribution in [3.63, 3.8) is 0 Å². The minimum absolute atomic E-state index is 0.0215. The summed E-state index contributed by atoms with van der Waals surface area (Å²) in [5.41, 5.74) is 9.69. The Kier molecular flexibility index (Phi) is 5.73. The van der Waals surface area contributed by atoms with Crippen LogP contribution in [-0.4, -0.2) is 16.7 Å². The summed E-state index contributed by atoms with van der Waals surface area (Å²) in [6.45, 7) is 3.85. The van der Waals surface area contributed by atoms with Crippen LogP contribution in [0.3, 0.4) is 0 Å². The highest BCUT2D eigenvalue weighted by Crippen LogP contribution is 2.50. The fraction of sp³-hybridized carbons (Fsp3) is 0.240. The van der Waals surface area contributed by atoms with E-state index in [1.165, 1.54) is 23.2 Å². The Morgan fingerprint density at radius 3 is 2.55 bits per heavy atom. The zero-order valence-electron chi connectivity index (χ0n) is 18.2. The van der Waals surface area contributed by atoms with E-state index in [1.807, 2.05) is 19.9 Å². The van der Waals surface area contributed by atoms with Gasteiger partial charge in [-0.15, -0.1) is 0 Å². The number of benzene rings is 2. The molecule has 1 amide bonds. The summed E-state index contributed by atoms with van der Waals surface area (Å²) in [6.07, 6.45) is 0.582. The topological polar surface area (TPSA) is 99.2 Å². The first-order chi connectivity index (χ1) is 15.6. The van der Waals surface area contributed by atoms with Crippen LogP contribution in [0.25, 0.3) is 0 Å². The van der Waals surface area contributed by atoms with Crippen molar-refractivity contribution in [2.75, 3.05) is 0 Å². The first-order valence-electron chi connectivity index (χ1n) is 10.4. The molecule has 0 bridgehead atoms. The largest absolute Gasteiger partial charge is 0.383 e. The number of amides is 1. The third-order valence-electron chi connectivity index (χ3n) is 5.92. The Morgan fingerprint density at radius 1 is 1.21 bits per heavy atom. The van der Waals surface area contributed by atoms with Crippen LogP contribution < -0.4 is 11.2 Å². The molecule has 1 heterocycles. The van der Waals surface area contributed by atoms with Crippen LogP contribution in [0.15, 0.2) is 71.2 Å². The molecule has 6 nitrogen and oxygen atoms in total. The maximum Gasteiger partial charge on any atom is 0.270 e. The van der Waals surface area contributed by atoms with E-state index in [0.29, 0.717) is 17.7 Å². The lowest BCUT2D eigenvalue weighted by Crippen LogP contribution is -2.50. The van der Waals surface area contributed by atoms with Crippen molar-refractivity contribution in [2.24, 2.45) is 11.1 Å². The van der Waals surface area contributed by atoms with Crippen molar-refractivity contribution in [2.45, 2.75) is 32.6 Å². The van der Waals surface area contributed by atoms with Gasteiger partial charge in [0, 0.05) is 28.1 Å². The Hall–Kier alpha value is -3.63. The highest BCUT2D eigenvalue weighted by atomic mass is 35.5. The average molecular weight is 465 g/mol. The predicted molar refractivity (Wildman–Crippen MR) is 122 cm³/mol. The number of carbonyl (C=O) groups excluding carboxylic acids is 2. The summed E-state index contributed by atoms with van der Waals surface area (Å²) >= 11 is 6.34. The molecule has 4 rings (SSSR count). The van der Waals surface area contributed by atoms with Crippen molar-refractivity contribution in [3.05, 3.63) is 93.2 Å². The van der Waals surface area contributed by atoms with Gasteiger partial charge in [0.25, 0.3) is 5.91 Å². The molecule has 1 unspecified atom stereocenters. The maximum absolute atomic E-state index is 15.0. The van der Waals surface area contributed by atoms with E-state index >= 15 is 0 Å². The number of nitrogens with two attached hydrogens (primary N) is 1. The second-order valence-corrected chi connectivity index (χ2v) is 9.33. The molecule has 168 valence electrons. The van der Waals surface area contributed by atoms with Crippen molar-refractivity contribution in [3.8, 4) is 6.07 Å². The molecule has 0 spiro atoms. The second kappa shape index (κ2) is 8.38. The molecule has 1 aliphatic carbocycles. The van der Waals surface area contributed by atoms with Gasteiger partial charge in [0.15, 0.2) is 5.78 Å². The SMILES string of the molecule is CC1(C)CC(=O)C2=C(C1)N(NC(=O)c1ccccc1)C(N)=C(C#N)C2c1c(F)cccc1Cl. The molecule has 0 fully saturated rings. The van der Waals surface area contributed by atoms with Crippen molar-refractivity contribution in [1.82, 2.24) is 10.4 Å². The van der Waals surface area contributed by atoms with E-state index in [-0.39, 0.29) is 39.8 Å². The molecule has 0 saturated heterocycles. The third kappa shape index (κ3) is 3.98. The number of halogens is 2. The minimum Gasteiger partial charge on any atom is -0.383 e. The van der Waals surface area contributed by atoms with Gasteiger partial charge >= 0.3 is 0 Å². The van der Waals surface area contributed by atoms with E-state index in [2.05, 4.69) is 5.43 Å². The average Bonchev–Trinajstić information content (AvgIpc) is 2.75. The van der Waals surface area contributed by atoms with Crippen molar-refractivity contribution < 1.29 is 14.0 Å². The lowest BCUT2D eigenvalue weighted by Gasteiger charge is -2.43. The van der Waals surface area contributed by atoms with E-state index < -0.39 is 23.1 Å². The van der Waals surface area contributed by atoms with Gasteiger partial charge < -0.3 is 5.73 Å². The van der Waals surface area contributed by atoms with Gasteiger partial charge in [0.2, 0.25) is 0 Å². The van der Waals surface area contributed by atoms with E-state index in [1.54, 1.807) is 30.3 Å². The Bertz CT molecular complexity index is 1240. The molecule has 3 N–H and O–H groups in total. The van der Waals surface area contributed by atoms with Crippen LogP contribution in [0.1, 0.15) is 48.5 Å². The van der Waals surface area contributed by atoms with Gasteiger partial charge in [0.05, 0.1) is 23.3 Å². The highest BCUT2D eigenvalue weighted by molar-refractivity contribution is 6.31. The minimum atomic E-state index is -1.06. The molecule has 2 aromatic rings. The number of carbonyl (C=O) groups is 2. The number of nitriles is 1. The Labute approximate surface area is 196 Å². The molecule has 1 atom stereocenters. The zero-order valence-corrected chi connectivity index (χ0v) is 18.9. The molecule has 33 heavy (non-hydrogen) atoms. The summed E-state index contributed by atoms with van der Waals surface area (Å²) in [5, 5.41) is 11.4. The van der Waals surface area contributed by atoms with Crippen LogP contribution in [-0.2, 0) is 4.79 Å². The van der Waals surface area contributed by atoms with Gasteiger partial charge in [-0.3, -0.25) is 15.0 Å². The third-order valence-corrected chi connectivity index (χ3v) is 6.25. The van der Waals surface area contributed by atoms with Crippen LogP contribution in [0.4, 0.5) is 4.39 Å². The molecular weight excluding hydrogens is 443 g/mol. The van der Waals surface area contributed by atoms with E-state index in [0.717, 1.165) is 0 Å². The quantitative estimate of drug-likeness (QED) is 0.693. The van der Waals surface area contributed by atoms with Crippen LogP contribution in [0, 0.1) is 22.6 Å². The molecule has 2 aliphatic rings. The number of hydrogen-bond donors (Lipinski definition) is 2. The molecule has 0 aromatic heterocycles. The first-order valence-corrected chi connectivity index (χ1v) is 10.8. The molecule has 1 aliphatic heterocycles. The highest BCUT2D eigenvalue weighted by Gasteiger charge is 2.46. The number of Topliss-reactive ketones (excluding diaryl/α,β-unsaturated/α-hetero) is 1. The van der Waals surface area contributed by atoms with Gasteiger partial charge in [0.1, 0.15) is 11.6 Å². The molecule has 8 heteroatoms. The van der Waals surface area contributed by atoms with E-state index in [9.17, 15) is 19.2 Å². The van der Waals surface area contributed by atoms with Crippen LogP contribution in [0.5, 0.6) is 0 Å². The van der Waals surface area contributed by atoms with Gasteiger partial charge in [-0.05, 0) is 36.1 Å². The number of hydrazine groups is 1. The summed E-state index contributed by atoms with van der Waals surface area (Å²) in [7, 11) is 0. The summed E-state index contributed by atoms with van der Waals surface area (Å²) in [5.74, 6) is -2.48. The van der Waals surface area contributed by atoms with Gasteiger partial charge in [-0.2, -0.15) is 5.26 Å². The molecule has 2 aromatic carbocycles. The lowest BCUT2D eigenvalue weighted by atomic mass is 9.69. The number of nitrogens with zero attached hydrogens (tertiary/aromatic N) is 2. The van der Waals surface area contributed by atoms with Crippen LogP contribution >= 0.6 is 11.6 Å². The van der Waals surface area contributed by atoms with Gasteiger partial charge in [-0.1, -0.05) is 49.7 Å². The Balaban J connectivity index is 1.92. The molecular formula is C25H22ClFN4O2. The van der Waals surface area contributed by atoms with Crippen molar-refractivity contribution >= 4 is 23.3 Å². The fourth-order valence-electron chi connectivity index (χ4n) is 4.47. The first kappa shape index (κ1) is 22.6. The van der Waals surface area contributed by atoms with E-state index in [4.69, 9.17) is 17.3 Å². The predicted octanol–water partition coefficient (Wildman–Crippen LogP) is 4.56. The number of allylic oxidation sites excluding steroid dienone is 3. The van der Waals surface area contributed by atoms with Crippen LogP contribution in [0.2, 0.25) is 5.02 Å². The van der Waals surface area contributed by atoms with Gasteiger partial charge in [-0.25, -0.2) is 9.40 Å². The number of hydrogen-bond acceptors (Lipinski definition) is 5. The monoisotopic (exact) mass is 464 g/mol. The summed E-state index contributed by atoms with van der Waals surface area (Å²) < 4.78 is 15.0. The summed E-state index contributed by atoms with van der Waals surface area (Å²) in [4.78, 5) is 26.3. The number of nitrogens with one attached hydrogen (secondary N) is 1. The Morgan fingerprint density at radius 2 is 1.91 bits per heavy atom. The smallest absolute Gasteiger partial charge is 0.270 e. The summed E-state index contributed by atoms with van der Waals surface area (Å²) in [6, 6.07) is 14.7. The number of rotatable bonds is 3. The second-order valence-electron chi connectivity index (χ2n) is 8.92. The standard InChI is InChI=1S/C25H22ClFN4O2/c1-25(2)11-18-22(19(32)12-25)20(21-16(26)9-6-10-17(21)27)15(13-28)23(29)31(18)30-24(33)14-7-4-3-5-8-14/h3-10,20H,11-12,29H2,1-2H3,(H,30,33). The van der Waals surface area contributed by atoms with Crippen molar-refractivity contribution in [1.29, 1.82) is 5.26 Å². The number of ketones is 1. The zero-order chi connectivity index (χ0) is 23.9. The normalized spacial score (nSPS) is 19.8.